The van der Waals surface area contributed by atoms with Gasteiger partial charge in [0.1, 0.15) is 18.4 Å². The number of anilines is 1. The zero-order valence-corrected chi connectivity index (χ0v) is 22.6. The molecule has 1 aliphatic heterocycles. The maximum Gasteiger partial charge on any atom is 0.244 e. The van der Waals surface area contributed by atoms with Crippen LogP contribution in [0.5, 0.6) is 11.5 Å². The summed E-state index contributed by atoms with van der Waals surface area (Å²) in [6.07, 6.45) is 0.291. The van der Waals surface area contributed by atoms with Crippen LogP contribution in [0.4, 0.5) is 10.1 Å². The SMILES string of the molecule is CC[C@@H](C(=O)NC(C)(C)C)N(Cc1ccc(F)cc1)C(=O)CN(c1ccc2c(c1)OCO2)S(=O)(=O)CC. The lowest BCUT2D eigenvalue weighted by Gasteiger charge is -2.34. The molecule has 0 aromatic heterocycles. The average Bonchev–Trinajstić information content (AvgIpc) is 3.30. The lowest BCUT2D eigenvalue weighted by molar-refractivity contribution is -0.141. The Labute approximate surface area is 217 Å². The van der Waals surface area contributed by atoms with Crippen molar-refractivity contribution in [3.63, 3.8) is 0 Å². The fraction of sp³-hybridized carbons (Fsp3) is 0.462. The number of benzene rings is 2. The monoisotopic (exact) mass is 535 g/mol. The minimum Gasteiger partial charge on any atom is -0.454 e. The summed E-state index contributed by atoms with van der Waals surface area (Å²) in [7, 11) is -3.88. The standard InChI is InChI=1S/C26H34FN3O6S/c1-6-21(25(32)28-26(3,4)5)29(15-18-8-10-19(27)11-9-18)24(31)16-30(37(33,34)7-2)20-12-13-22-23(14-20)36-17-35-22/h8-14,21H,6-7,15-17H2,1-5H3,(H,28,32)/t21-/m0/s1. The normalized spacial score (nSPS) is 13.7. The number of carbonyl (C=O) groups is 2. The van der Waals surface area contributed by atoms with Crippen LogP contribution in [0.2, 0.25) is 0 Å². The van der Waals surface area contributed by atoms with E-state index in [9.17, 15) is 22.4 Å². The zero-order valence-electron chi connectivity index (χ0n) is 21.8. The molecule has 2 aromatic rings. The topological polar surface area (TPSA) is 105 Å². The highest BCUT2D eigenvalue weighted by Crippen LogP contribution is 2.36. The molecule has 1 atom stereocenters. The van der Waals surface area contributed by atoms with Crippen LogP contribution in [-0.4, -0.2) is 55.8 Å². The van der Waals surface area contributed by atoms with E-state index in [0.717, 1.165) is 4.31 Å². The number of hydrogen-bond acceptors (Lipinski definition) is 6. The number of nitrogens with one attached hydrogen (secondary N) is 1. The Morgan fingerprint density at radius 3 is 2.30 bits per heavy atom. The quantitative estimate of drug-likeness (QED) is 0.500. The third-order valence-electron chi connectivity index (χ3n) is 5.77. The molecule has 0 aliphatic carbocycles. The van der Waals surface area contributed by atoms with Crippen LogP contribution in [-0.2, 0) is 26.2 Å². The van der Waals surface area contributed by atoms with Crippen LogP contribution >= 0.6 is 0 Å². The van der Waals surface area contributed by atoms with E-state index in [0.29, 0.717) is 23.5 Å². The highest BCUT2D eigenvalue weighted by molar-refractivity contribution is 7.92. The van der Waals surface area contributed by atoms with E-state index >= 15 is 0 Å². The molecule has 0 saturated heterocycles. The number of hydrogen-bond donors (Lipinski definition) is 1. The molecule has 2 aromatic carbocycles. The fourth-order valence-corrected chi connectivity index (χ4v) is 4.97. The lowest BCUT2D eigenvalue weighted by atomic mass is 10.1. The Balaban J connectivity index is 1.98. The molecule has 2 amide bonds. The maximum absolute atomic E-state index is 13.8. The van der Waals surface area contributed by atoms with Crippen LogP contribution in [0.1, 0.15) is 46.6 Å². The molecule has 1 heterocycles. The van der Waals surface area contributed by atoms with E-state index < -0.39 is 39.9 Å². The van der Waals surface area contributed by atoms with Gasteiger partial charge in [0.15, 0.2) is 11.5 Å². The third-order valence-corrected chi connectivity index (χ3v) is 7.51. The number of rotatable bonds is 10. The van der Waals surface area contributed by atoms with Crippen LogP contribution in [0.3, 0.4) is 0 Å². The van der Waals surface area contributed by atoms with E-state index in [2.05, 4.69) is 5.32 Å². The van der Waals surface area contributed by atoms with Gasteiger partial charge >= 0.3 is 0 Å². The molecular formula is C26H34FN3O6S. The summed E-state index contributed by atoms with van der Waals surface area (Å²) in [4.78, 5) is 28.3. The van der Waals surface area contributed by atoms with Gasteiger partial charge < -0.3 is 19.7 Å². The minimum atomic E-state index is -3.88. The van der Waals surface area contributed by atoms with Gasteiger partial charge in [0, 0.05) is 18.2 Å². The fourth-order valence-electron chi connectivity index (χ4n) is 3.92. The first-order chi connectivity index (χ1) is 17.3. The molecule has 0 saturated carbocycles. The molecule has 1 aliphatic rings. The Hall–Kier alpha value is -3.34. The van der Waals surface area contributed by atoms with E-state index in [4.69, 9.17) is 9.47 Å². The Morgan fingerprint density at radius 2 is 1.70 bits per heavy atom. The van der Waals surface area contributed by atoms with Gasteiger partial charge in [0.05, 0.1) is 11.4 Å². The van der Waals surface area contributed by atoms with Crippen molar-refractivity contribution >= 4 is 27.5 Å². The number of carbonyl (C=O) groups excluding carboxylic acids is 2. The second-order valence-corrected chi connectivity index (χ2v) is 11.9. The Morgan fingerprint density at radius 1 is 1.05 bits per heavy atom. The molecular weight excluding hydrogens is 501 g/mol. The van der Waals surface area contributed by atoms with E-state index in [-0.39, 0.29) is 30.7 Å². The smallest absolute Gasteiger partial charge is 0.244 e. The predicted octanol–water partition coefficient (Wildman–Crippen LogP) is 3.43. The molecule has 37 heavy (non-hydrogen) atoms. The first-order valence-electron chi connectivity index (χ1n) is 12.1. The summed E-state index contributed by atoms with van der Waals surface area (Å²) < 4.78 is 51.4. The molecule has 9 nitrogen and oxygen atoms in total. The number of amides is 2. The minimum absolute atomic E-state index is 0.00364. The molecule has 0 radical (unpaired) electrons. The van der Waals surface area contributed by atoms with E-state index in [1.54, 1.807) is 19.1 Å². The number of nitrogens with zero attached hydrogens (tertiary/aromatic N) is 2. The van der Waals surface area contributed by atoms with Crippen LogP contribution in [0.25, 0.3) is 0 Å². The average molecular weight is 536 g/mol. The van der Waals surface area contributed by atoms with Gasteiger partial charge in [-0.05, 0) is 63.9 Å². The summed E-state index contributed by atoms with van der Waals surface area (Å²) in [5.74, 6) is -0.753. The second kappa shape index (κ2) is 11.4. The highest BCUT2D eigenvalue weighted by atomic mass is 32.2. The maximum atomic E-state index is 13.8. The van der Waals surface area contributed by atoms with Crippen molar-refractivity contribution in [1.82, 2.24) is 10.2 Å². The summed E-state index contributed by atoms with van der Waals surface area (Å²) in [6.45, 7) is 8.24. The van der Waals surface area contributed by atoms with Crippen molar-refractivity contribution < 1.29 is 31.9 Å². The molecule has 0 unspecified atom stereocenters. The Bertz CT molecular complexity index is 1230. The van der Waals surface area contributed by atoms with Crippen LogP contribution in [0.15, 0.2) is 42.5 Å². The molecule has 11 heteroatoms. The van der Waals surface area contributed by atoms with Gasteiger partial charge in [-0.1, -0.05) is 19.1 Å². The lowest BCUT2D eigenvalue weighted by Crippen LogP contribution is -2.55. The molecule has 1 N–H and O–H groups in total. The van der Waals surface area contributed by atoms with Gasteiger partial charge in [-0.3, -0.25) is 13.9 Å². The number of sulfonamides is 1. The van der Waals surface area contributed by atoms with Crippen molar-refractivity contribution in [2.45, 2.75) is 59.2 Å². The van der Waals surface area contributed by atoms with E-state index in [1.807, 2.05) is 20.8 Å². The summed E-state index contributed by atoms with van der Waals surface area (Å²) in [6, 6.07) is 9.37. The number of halogens is 1. The molecule has 0 bridgehead atoms. The second-order valence-electron chi connectivity index (χ2n) is 9.76. The molecule has 202 valence electrons. The summed E-state index contributed by atoms with van der Waals surface area (Å²) in [5.41, 5.74) is 0.303. The van der Waals surface area contributed by atoms with E-state index in [1.165, 1.54) is 42.2 Å². The van der Waals surface area contributed by atoms with Gasteiger partial charge in [-0.25, -0.2) is 12.8 Å². The highest BCUT2D eigenvalue weighted by Gasteiger charge is 2.34. The largest absolute Gasteiger partial charge is 0.454 e. The van der Waals surface area contributed by atoms with Crippen molar-refractivity contribution in [1.29, 1.82) is 0 Å². The third kappa shape index (κ3) is 7.12. The predicted molar refractivity (Wildman–Crippen MR) is 138 cm³/mol. The van der Waals surface area contributed by atoms with Crippen molar-refractivity contribution in [3.8, 4) is 11.5 Å². The van der Waals surface area contributed by atoms with Gasteiger partial charge in [0.25, 0.3) is 0 Å². The zero-order chi connectivity index (χ0) is 27.4. The van der Waals surface area contributed by atoms with Crippen molar-refractivity contribution in [2.75, 3.05) is 23.4 Å². The first-order valence-corrected chi connectivity index (χ1v) is 13.7. The summed E-state index contributed by atoms with van der Waals surface area (Å²) >= 11 is 0. The van der Waals surface area contributed by atoms with Crippen LogP contribution < -0.4 is 19.1 Å². The van der Waals surface area contributed by atoms with Gasteiger partial charge in [0.2, 0.25) is 28.6 Å². The number of fused-ring (bicyclic) bond motifs is 1. The summed E-state index contributed by atoms with van der Waals surface area (Å²) in [5, 5.41) is 2.90. The van der Waals surface area contributed by atoms with Crippen LogP contribution in [0, 0.1) is 5.82 Å². The van der Waals surface area contributed by atoms with Gasteiger partial charge in [-0.15, -0.1) is 0 Å². The Kier molecular flexibility index (Phi) is 8.68. The van der Waals surface area contributed by atoms with Crippen molar-refractivity contribution in [3.05, 3.63) is 53.8 Å². The molecule has 0 spiro atoms. The van der Waals surface area contributed by atoms with Gasteiger partial charge in [-0.2, -0.15) is 0 Å². The molecule has 0 fully saturated rings. The molecule has 3 rings (SSSR count). The van der Waals surface area contributed by atoms with Crippen molar-refractivity contribution in [2.24, 2.45) is 0 Å². The number of ether oxygens (including phenoxy) is 2. The first kappa shape index (κ1) is 28.2.